The van der Waals surface area contributed by atoms with Gasteiger partial charge >= 0.3 is 0 Å². The molecule has 0 aliphatic rings. The quantitative estimate of drug-likeness (QED) is 0.853. The highest BCUT2D eigenvalue weighted by Gasteiger charge is 2.07. The number of nitriles is 1. The summed E-state index contributed by atoms with van der Waals surface area (Å²) in [5, 5.41) is 14.2. The lowest BCUT2D eigenvalue weighted by atomic mass is 10.1. The van der Waals surface area contributed by atoms with Crippen LogP contribution in [0.2, 0.25) is 0 Å². The molecule has 2 amide bonds. The molecule has 0 aromatic heterocycles. The van der Waals surface area contributed by atoms with Gasteiger partial charge in [0.15, 0.2) is 6.61 Å². The first-order valence-electron chi connectivity index (χ1n) is 7.43. The van der Waals surface area contributed by atoms with Crippen molar-refractivity contribution in [2.24, 2.45) is 0 Å². The molecule has 0 aliphatic carbocycles. The van der Waals surface area contributed by atoms with Crippen LogP contribution in [-0.4, -0.2) is 25.0 Å². The summed E-state index contributed by atoms with van der Waals surface area (Å²) >= 11 is 0. The fourth-order valence-corrected chi connectivity index (χ4v) is 1.96. The topological polar surface area (TPSA) is 91.2 Å². The van der Waals surface area contributed by atoms with E-state index in [1.807, 2.05) is 13.0 Å². The first-order chi connectivity index (χ1) is 11.6. The normalized spacial score (nSPS) is 9.67. The van der Waals surface area contributed by atoms with Gasteiger partial charge in [-0.25, -0.2) is 0 Å². The van der Waals surface area contributed by atoms with Gasteiger partial charge < -0.3 is 15.4 Å². The van der Waals surface area contributed by atoms with E-state index in [4.69, 9.17) is 10.00 Å². The molecule has 0 heterocycles. The average molecular weight is 323 g/mol. The highest BCUT2D eigenvalue weighted by Crippen LogP contribution is 2.16. The summed E-state index contributed by atoms with van der Waals surface area (Å²) in [6.07, 6.45) is 0. The van der Waals surface area contributed by atoms with Gasteiger partial charge in [0, 0.05) is 17.8 Å². The van der Waals surface area contributed by atoms with Crippen LogP contribution in [0.1, 0.15) is 22.8 Å². The van der Waals surface area contributed by atoms with Gasteiger partial charge in [0.1, 0.15) is 5.75 Å². The smallest absolute Gasteiger partial charge is 0.257 e. The molecule has 2 rings (SSSR count). The molecule has 0 spiro atoms. The third-order valence-corrected chi connectivity index (χ3v) is 3.11. The number of nitrogens with one attached hydrogen (secondary N) is 2. The van der Waals surface area contributed by atoms with E-state index in [2.05, 4.69) is 10.6 Å². The Bertz CT molecular complexity index is 764. The van der Waals surface area contributed by atoms with Crippen molar-refractivity contribution in [2.75, 3.05) is 18.5 Å². The second-order valence-corrected chi connectivity index (χ2v) is 4.91. The van der Waals surface area contributed by atoms with Crippen molar-refractivity contribution >= 4 is 17.5 Å². The van der Waals surface area contributed by atoms with Gasteiger partial charge in [-0.3, -0.25) is 9.59 Å². The lowest BCUT2D eigenvalue weighted by molar-refractivity contribution is -0.122. The molecule has 6 nitrogen and oxygen atoms in total. The second-order valence-electron chi connectivity index (χ2n) is 4.91. The molecule has 2 aromatic carbocycles. The van der Waals surface area contributed by atoms with Gasteiger partial charge in [-0.15, -0.1) is 0 Å². The molecule has 2 N–H and O–H groups in total. The van der Waals surface area contributed by atoms with Crippen LogP contribution in [0.5, 0.6) is 5.75 Å². The molecular weight excluding hydrogens is 306 g/mol. The molecule has 0 unspecified atom stereocenters. The summed E-state index contributed by atoms with van der Waals surface area (Å²) in [5.41, 5.74) is 1.43. The van der Waals surface area contributed by atoms with Crippen molar-refractivity contribution in [1.82, 2.24) is 5.32 Å². The standard InChI is InChI=1S/C18H17N3O3/c1-2-20-17(22)12-24-16-8-6-15(7-9-16)21-18(23)14-5-3-4-13(10-14)11-19/h3-10H,2,12H2,1H3,(H,20,22)(H,21,23). The van der Waals surface area contributed by atoms with Gasteiger partial charge in [0.25, 0.3) is 11.8 Å². The van der Waals surface area contributed by atoms with E-state index in [0.717, 1.165) is 0 Å². The number of amides is 2. The van der Waals surface area contributed by atoms with Crippen LogP contribution in [0.4, 0.5) is 5.69 Å². The zero-order chi connectivity index (χ0) is 17.4. The molecule has 0 saturated carbocycles. The van der Waals surface area contributed by atoms with Crippen LogP contribution < -0.4 is 15.4 Å². The van der Waals surface area contributed by atoms with Crippen LogP contribution in [0.3, 0.4) is 0 Å². The minimum absolute atomic E-state index is 0.0551. The number of ether oxygens (including phenoxy) is 1. The second kappa shape index (κ2) is 8.34. The summed E-state index contributed by atoms with van der Waals surface area (Å²) in [7, 11) is 0. The van der Waals surface area contributed by atoms with Gasteiger partial charge in [0.05, 0.1) is 11.6 Å². The molecule has 0 saturated heterocycles. The Morgan fingerprint density at radius 3 is 2.58 bits per heavy atom. The summed E-state index contributed by atoms with van der Waals surface area (Å²) in [4.78, 5) is 23.5. The molecule has 122 valence electrons. The van der Waals surface area contributed by atoms with Crippen molar-refractivity contribution in [3.8, 4) is 11.8 Å². The van der Waals surface area contributed by atoms with Gasteiger partial charge in [-0.1, -0.05) is 6.07 Å². The Balaban J connectivity index is 1.94. The Kier molecular flexibility index (Phi) is 5.92. The largest absolute Gasteiger partial charge is 0.484 e. The number of hydrogen-bond donors (Lipinski definition) is 2. The van der Waals surface area contributed by atoms with Crippen LogP contribution in [0.25, 0.3) is 0 Å². The maximum Gasteiger partial charge on any atom is 0.257 e. The third kappa shape index (κ3) is 4.85. The van der Waals surface area contributed by atoms with E-state index in [-0.39, 0.29) is 18.4 Å². The first kappa shape index (κ1) is 17.0. The fraction of sp³-hybridized carbons (Fsp3) is 0.167. The lowest BCUT2D eigenvalue weighted by Crippen LogP contribution is -2.28. The highest BCUT2D eigenvalue weighted by molar-refractivity contribution is 6.04. The predicted molar refractivity (Wildman–Crippen MR) is 89.7 cm³/mol. The minimum Gasteiger partial charge on any atom is -0.484 e. The van der Waals surface area contributed by atoms with Gasteiger partial charge in [0.2, 0.25) is 0 Å². The van der Waals surface area contributed by atoms with Crippen molar-refractivity contribution in [3.05, 3.63) is 59.7 Å². The molecular formula is C18H17N3O3. The SMILES string of the molecule is CCNC(=O)COc1ccc(NC(=O)c2cccc(C#N)c2)cc1. The fourth-order valence-electron chi connectivity index (χ4n) is 1.96. The monoisotopic (exact) mass is 323 g/mol. The van der Waals surface area contributed by atoms with Crippen LogP contribution >= 0.6 is 0 Å². The number of rotatable bonds is 6. The molecule has 6 heteroatoms. The Hall–Kier alpha value is -3.33. The summed E-state index contributed by atoms with van der Waals surface area (Å²) in [5.74, 6) is 0.0427. The van der Waals surface area contributed by atoms with Crippen molar-refractivity contribution in [1.29, 1.82) is 5.26 Å². The minimum atomic E-state index is -0.303. The highest BCUT2D eigenvalue weighted by atomic mass is 16.5. The molecule has 0 radical (unpaired) electrons. The van der Waals surface area contributed by atoms with Gasteiger partial charge in [-0.2, -0.15) is 5.26 Å². The number of anilines is 1. The maximum atomic E-state index is 12.1. The van der Waals surface area contributed by atoms with E-state index >= 15 is 0 Å². The Morgan fingerprint density at radius 2 is 1.92 bits per heavy atom. The van der Waals surface area contributed by atoms with E-state index in [1.54, 1.807) is 42.5 Å². The zero-order valence-electron chi connectivity index (χ0n) is 13.2. The van der Waals surface area contributed by atoms with Crippen molar-refractivity contribution in [3.63, 3.8) is 0 Å². The number of carbonyl (C=O) groups is 2. The first-order valence-corrected chi connectivity index (χ1v) is 7.43. The molecule has 24 heavy (non-hydrogen) atoms. The van der Waals surface area contributed by atoms with E-state index in [9.17, 15) is 9.59 Å². The lowest BCUT2D eigenvalue weighted by Gasteiger charge is -2.08. The summed E-state index contributed by atoms with van der Waals surface area (Å²) < 4.78 is 5.33. The average Bonchev–Trinajstić information content (AvgIpc) is 2.61. The van der Waals surface area contributed by atoms with E-state index in [0.29, 0.717) is 29.1 Å². The van der Waals surface area contributed by atoms with Crippen LogP contribution in [0, 0.1) is 11.3 Å². The van der Waals surface area contributed by atoms with Crippen molar-refractivity contribution < 1.29 is 14.3 Å². The van der Waals surface area contributed by atoms with Gasteiger partial charge in [-0.05, 0) is 49.4 Å². The van der Waals surface area contributed by atoms with E-state index < -0.39 is 0 Å². The number of likely N-dealkylation sites (N-methyl/N-ethyl adjacent to an activating group) is 1. The molecule has 0 fully saturated rings. The predicted octanol–water partition coefficient (Wildman–Crippen LogP) is 2.33. The molecule has 0 bridgehead atoms. The molecule has 0 aliphatic heterocycles. The Morgan fingerprint density at radius 1 is 1.17 bits per heavy atom. The van der Waals surface area contributed by atoms with Crippen LogP contribution in [-0.2, 0) is 4.79 Å². The summed E-state index contributed by atoms with van der Waals surface area (Å²) in [6.45, 7) is 2.34. The zero-order valence-corrected chi connectivity index (χ0v) is 13.2. The third-order valence-electron chi connectivity index (χ3n) is 3.11. The number of hydrogen-bond acceptors (Lipinski definition) is 4. The maximum absolute atomic E-state index is 12.1. The van der Waals surface area contributed by atoms with Crippen LogP contribution in [0.15, 0.2) is 48.5 Å². The number of benzene rings is 2. The molecule has 0 atom stereocenters. The number of carbonyl (C=O) groups excluding carboxylic acids is 2. The summed E-state index contributed by atoms with van der Waals surface area (Å²) in [6, 6.07) is 15.2. The number of nitrogens with zero attached hydrogens (tertiary/aromatic N) is 1. The van der Waals surface area contributed by atoms with E-state index in [1.165, 1.54) is 6.07 Å². The van der Waals surface area contributed by atoms with Crippen molar-refractivity contribution in [2.45, 2.75) is 6.92 Å². The molecule has 2 aromatic rings. The Labute approximate surface area is 140 Å².